The van der Waals surface area contributed by atoms with E-state index in [1.54, 1.807) is 16.7 Å². The van der Waals surface area contributed by atoms with Crippen LogP contribution >= 0.6 is 11.8 Å². The number of thioether (sulfide) groups is 1. The van der Waals surface area contributed by atoms with E-state index in [0.29, 0.717) is 5.75 Å². The number of likely N-dealkylation sites (tertiary alicyclic amines) is 1. The molecule has 0 radical (unpaired) electrons. The second kappa shape index (κ2) is 18.4. The van der Waals surface area contributed by atoms with Crippen LogP contribution in [0.4, 0.5) is 4.79 Å². The van der Waals surface area contributed by atoms with E-state index in [4.69, 9.17) is 9.90 Å². The highest BCUT2D eigenvalue weighted by molar-refractivity contribution is 7.99. The SMILES string of the molecule is CC(C)=CCC/C(C)=C/CC/C(C)=C/CSCC(NC(=O)N1CCCC1)C(=O)O.O=CO. The standard InChI is InChI=1S/C23H38N2O3S.CH2O2/c1-18(2)9-7-10-19(3)11-8-12-20(4)13-16-29-17-21(22(26)27)24-23(28)25-14-5-6-15-25;2-1-3/h9,11,13,21H,5-8,10,12,14-17H2,1-4H3,(H,24,28)(H,26,27);1H,(H,2,3)/b19-11+,20-13+;. The van der Waals surface area contributed by atoms with Crippen LogP contribution in [0.5, 0.6) is 0 Å². The van der Waals surface area contributed by atoms with Crippen LogP contribution in [0.3, 0.4) is 0 Å². The van der Waals surface area contributed by atoms with Gasteiger partial charge in [0.05, 0.1) is 0 Å². The van der Waals surface area contributed by atoms with Gasteiger partial charge in [0.1, 0.15) is 6.04 Å². The number of hydrogen-bond donors (Lipinski definition) is 3. The highest BCUT2D eigenvalue weighted by Crippen LogP contribution is 2.13. The Kier molecular flexibility index (Phi) is 17.1. The molecule has 1 unspecified atom stereocenters. The molecule has 1 saturated heterocycles. The van der Waals surface area contributed by atoms with Crippen LogP contribution in [0.25, 0.3) is 0 Å². The zero-order valence-electron chi connectivity index (χ0n) is 19.9. The van der Waals surface area contributed by atoms with Gasteiger partial charge in [-0.05, 0) is 66.2 Å². The minimum absolute atomic E-state index is 0.250. The van der Waals surface area contributed by atoms with Crippen LogP contribution in [0.1, 0.15) is 66.2 Å². The summed E-state index contributed by atoms with van der Waals surface area (Å²) in [5.41, 5.74) is 4.12. The molecular weight excluding hydrogens is 428 g/mol. The molecule has 182 valence electrons. The van der Waals surface area contributed by atoms with Gasteiger partial charge in [-0.15, -0.1) is 0 Å². The van der Waals surface area contributed by atoms with Crippen LogP contribution in [-0.2, 0) is 9.59 Å². The van der Waals surface area contributed by atoms with Gasteiger partial charge in [0.25, 0.3) is 6.47 Å². The average Bonchev–Trinajstić information content (AvgIpc) is 3.25. The first kappa shape index (κ1) is 29.8. The number of rotatable bonds is 12. The lowest BCUT2D eigenvalue weighted by Crippen LogP contribution is -2.48. The Bertz CT molecular complexity index is 663. The van der Waals surface area contributed by atoms with Crippen molar-refractivity contribution in [1.82, 2.24) is 10.2 Å². The number of nitrogens with one attached hydrogen (secondary N) is 1. The van der Waals surface area contributed by atoms with Crippen molar-refractivity contribution >= 4 is 30.2 Å². The predicted octanol–water partition coefficient (Wildman–Crippen LogP) is 5.10. The Morgan fingerprint density at radius 1 is 1.00 bits per heavy atom. The Morgan fingerprint density at radius 3 is 2.06 bits per heavy atom. The summed E-state index contributed by atoms with van der Waals surface area (Å²) < 4.78 is 0. The van der Waals surface area contributed by atoms with Crippen molar-refractivity contribution in [2.24, 2.45) is 0 Å². The van der Waals surface area contributed by atoms with Gasteiger partial charge in [-0.25, -0.2) is 9.59 Å². The number of urea groups is 1. The van der Waals surface area contributed by atoms with Gasteiger partial charge in [0.2, 0.25) is 0 Å². The van der Waals surface area contributed by atoms with Crippen molar-refractivity contribution in [2.45, 2.75) is 72.3 Å². The lowest BCUT2D eigenvalue weighted by molar-refractivity contribution is -0.138. The van der Waals surface area contributed by atoms with Crippen LogP contribution in [-0.4, -0.2) is 64.2 Å². The number of carboxylic acids is 1. The summed E-state index contributed by atoms with van der Waals surface area (Å²) in [5, 5.41) is 18.9. The molecule has 0 aromatic carbocycles. The minimum Gasteiger partial charge on any atom is -0.483 e. The first-order valence-electron chi connectivity index (χ1n) is 11.1. The molecule has 0 aliphatic carbocycles. The third-order valence-corrected chi connectivity index (χ3v) is 5.92. The maximum absolute atomic E-state index is 12.1. The molecule has 1 heterocycles. The second-order valence-corrected chi connectivity index (χ2v) is 9.21. The lowest BCUT2D eigenvalue weighted by Gasteiger charge is -2.20. The topological polar surface area (TPSA) is 107 Å². The smallest absolute Gasteiger partial charge is 0.327 e. The Balaban J connectivity index is 0.00000302. The highest BCUT2D eigenvalue weighted by atomic mass is 32.2. The van der Waals surface area contributed by atoms with Crippen LogP contribution in [0.2, 0.25) is 0 Å². The van der Waals surface area contributed by atoms with Gasteiger partial charge in [-0.3, -0.25) is 4.79 Å². The van der Waals surface area contributed by atoms with Gasteiger partial charge in [-0.2, -0.15) is 11.8 Å². The first-order valence-corrected chi connectivity index (χ1v) is 12.2. The predicted molar refractivity (Wildman–Crippen MR) is 132 cm³/mol. The molecule has 1 aliphatic rings. The number of nitrogens with zero attached hydrogens (tertiary/aromatic N) is 1. The second-order valence-electron chi connectivity index (χ2n) is 8.14. The Labute approximate surface area is 197 Å². The lowest BCUT2D eigenvalue weighted by atomic mass is 10.1. The maximum Gasteiger partial charge on any atom is 0.327 e. The number of allylic oxidation sites excluding steroid dienone is 5. The molecule has 1 aliphatic heterocycles. The third-order valence-electron chi connectivity index (χ3n) is 4.95. The number of carboxylic acid groups (broad SMARTS) is 2. The fraction of sp³-hybridized carbons (Fsp3) is 0.625. The van der Waals surface area contributed by atoms with E-state index in [1.807, 2.05) is 0 Å². The third kappa shape index (κ3) is 15.6. The van der Waals surface area contributed by atoms with Crippen molar-refractivity contribution in [3.8, 4) is 0 Å². The van der Waals surface area contributed by atoms with E-state index in [-0.39, 0.29) is 12.5 Å². The van der Waals surface area contributed by atoms with E-state index in [0.717, 1.165) is 57.4 Å². The molecule has 8 heteroatoms. The number of amides is 2. The molecule has 1 fully saturated rings. The monoisotopic (exact) mass is 468 g/mol. The Hall–Kier alpha value is -2.22. The van der Waals surface area contributed by atoms with Crippen LogP contribution in [0.15, 0.2) is 34.9 Å². The summed E-state index contributed by atoms with van der Waals surface area (Å²) in [5.74, 6) is 0.167. The molecule has 0 bridgehead atoms. The zero-order chi connectivity index (χ0) is 24.4. The van der Waals surface area contributed by atoms with E-state index < -0.39 is 12.0 Å². The van der Waals surface area contributed by atoms with Crippen molar-refractivity contribution in [1.29, 1.82) is 0 Å². The summed E-state index contributed by atoms with van der Waals surface area (Å²) in [7, 11) is 0. The van der Waals surface area contributed by atoms with E-state index >= 15 is 0 Å². The molecule has 2 amide bonds. The van der Waals surface area contributed by atoms with Crippen LogP contribution < -0.4 is 5.32 Å². The number of carbonyl (C=O) groups excluding carboxylic acids is 1. The van der Waals surface area contributed by atoms with Crippen LogP contribution in [0, 0.1) is 0 Å². The van der Waals surface area contributed by atoms with Crippen molar-refractivity contribution in [2.75, 3.05) is 24.6 Å². The van der Waals surface area contributed by atoms with E-state index in [9.17, 15) is 14.7 Å². The van der Waals surface area contributed by atoms with Gasteiger partial charge in [0, 0.05) is 24.6 Å². The normalized spacial score (nSPS) is 14.8. The van der Waals surface area contributed by atoms with Crippen molar-refractivity contribution in [3.63, 3.8) is 0 Å². The van der Waals surface area contributed by atoms with Gasteiger partial charge < -0.3 is 20.4 Å². The summed E-state index contributed by atoms with van der Waals surface area (Å²) >= 11 is 1.54. The Morgan fingerprint density at radius 2 is 1.53 bits per heavy atom. The number of carbonyl (C=O) groups is 3. The number of aliphatic carboxylic acids is 1. The molecule has 1 rings (SSSR count). The van der Waals surface area contributed by atoms with E-state index in [2.05, 4.69) is 51.2 Å². The summed E-state index contributed by atoms with van der Waals surface area (Å²) in [6.07, 6.45) is 13.0. The quantitative estimate of drug-likeness (QED) is 0.209. The minimum atomic E-state index is -0.973. The molecule has 0 aromatic rings. The summed E-state index contributed by atoms with van der Waals surface area (Å²) in [4.78, 5) is 33.6. The highest BCUT2D eigenvalue weighted by Gasteiger charge is 2.24. The molecule has 7 nitrogen and oxygen atoms in total. The molecule has 0 spiro atoms. The fourth-order valence-corrected chi connectivity index (χ4v) is 4.06. The fourth-order valence-electron chi connectivity index (χ4n) is 3.06. The zero-order valence-corrected chi connectivity index (χ0v) is 20.7. The molecule has 0 saturated carbocycles. The average molecular weight is 469 g/mol. The molecule has 0 aromatic heterocycles. The molecule has 32 heavy (non-hydrogen) atoms. The van der Waals surface area contributed by atoms with Gasteiger partial charge in [0.15, 0.2) is 0 Å². The molecule has 3 N–H and O–H groups in total. The first-order chi connectivity index (χ1) is 15.2. The van der Waals surface area contributed by atoms with Gasteiger partial charge in [-0.1, -0.05) is 34.9 Å². The van der Waals surface area contributed by atoms with Gasteiger partial charge >= 0.3 is 12.0 Å². The van der Waals surface area contributed by atoms with Crippen molar-refractivity contribution < 1.29 is 24.6 Å². The van der Waals surface area contributed by atoms with E-state index in [1.165, 1.54) is 16.7 Å². The molecular formula is C24H40N2O5S. The molecule has 1 atom stereocenters. The maximum atomic E-state index is 12.1. The van der Waals surface area contributed by atoms with Crippen molar-refractivity contribution in [3.05, 3.63) is 34.9 Å². The number of hydrogen-bond acceptors (Lipinski definition) is 4. The largest absolute Gasteiger partial charge is 0.483 e. The summed E-state index contributed by atoms with van der Waals surface area (Å²) in [6, 6.07) is -1.10. The summed E-state index contributed by atoms with van der Waals surface area (Å²) in [6.45, 7) is 9.76.